The second-order valence-electron chi connectivity index (χ2n) is 6.49. The average molecular weight is 428 g/mol. The zero-order chi connectivity index (χ0) is 21.6. The Labute approximate surface area is 175 Å². The second kappa shape index (κ2) is 9.51. The van der Waals surface area contributed by atoms with Crippen LogP contribution in [-0.4, -0.2) is 32.3 Å². The standard InChI is InChI=1S/C22H21FN2O4S/c1-29-20-11-13-21(14-12-20)30(27,28)25(15-17-5-3-2-4-6-17)16-22(26)24-19-9-7-18(23)8-10-19/h2-14H,15-16H2,1H3,(H,24,26). The molecule has 3 aromatic rings. The van der Waals surface area contributed by atoms with Gasteiger partial charge in [-0.2, -0.15) is 4.31 Å². The van der Waals surface area contributed by atoms with Gasteiger partial charge >= 0.3 is 0 Å². The Kier molecular flexibility index (Phi) is 6.81. The molecule has 8 heteroatoms. The first-order valence-corrected chi connectivity index (χ1v) is 10.6. The summed E-state index contributed by atoms with van der Waals surface area (Å²) in [5, 5.41) is 2.60. The largest absolute Gasteiger partial charge is 0.497 e. The third kappa shape index (κ3) is 5.43. The summed E-state index contributed by atoms with van der Waals surface area (Å²) in [7, 11) is -2.47. The first kappa shape index (κ1) is 21.5. The predicted molar refractivity (Wildman–Crippen MR) is 112 cm³/mol. The molecule has 0 bridgehead atoms. The fourth-order valence-electron chi connectivity index (χ4n) is 2.80. The van der Waals surface area contributed by atoms with Crippen molar-refractivity contribution in [1.82, 2.24) is 4.31 Å². The summed E-state index contributed by atoms with van der Waals surface area (Å²) in [4.78, 5) is 12.6. The van der Waals surface area contributed by atoms with Crippen LogP contribution in [0.3, 0.4) is 0 Å². The topological polar surface area (TPSA) is 75.7 Å². The maximum atomic E-state index is 13.2. The minimum Gasteiger partial charge on any atom is -0.497 e. The molecule has 0 saturated heterocycles. The number of ether oxygens (including phenoxy) is 1. The van der Waals surface area contributed by atoms with E-state index in [9.17, 15) is 17.6 Å². The van der Waals surface area contributed by atoms with Gasteiger partial charge in [0.1, 0.15) is 11.6 Å². The summed E-state index contributed by atoms with van der Waals surface area (Å²) in [6.45, 7) is -0.382. The Hall–Kier alpha value is -3.23. The summed E-state index contributed by atoms with van der Waals surface area (Å²) in [5.74, 6) is -0.437. The first-order chi connectivity index (χ1) is 14.4. The highest BCUT2D eigenvalue weighted by Crippen LogP contribution is 2.21. The molecule has 3 rings (SSSR count). The third-order valence-electron chi connectivity index (χ3n) is 4.35. The van der Waals surface area contributed by atoms with Crippen LogP contribution in [0.2, 0.25) is 0 Å². The molecule has 156 valence electrons. The Morgan fingerprint density at radius 1 is 0.967 bits per heavy atom. The highest BCUT2D eigenvalue weighted by molar-refractivity contribution is 7.89. The van der Waals surface area contributed by atoms with Crippen molar-refractivity contribution in [3.63, 3.8) is 0 Å². The Bertz CT molecular complexity index is 1090. The molecule has 0 spiro atoms. The van der Waals surface area contributed by atoms with Gasteiger partial charge in [0.05, 0.1) is 18.6 Å². The van der Waals surface area contributed by atoms with Gasteiger partial charge in [0, 0.05) is 12.2 Å². The molecule has 0 unspecified atom stereocenters. The summed E-state index contributed by atoms with van der Waals surface area (Å²) in [6, 6.07) is 20.2. The summed E-state index contributed by atoms with van der Waals surface area (Å²) in [5.41, 5.74) is 1.12. The van der Waals surface area contributed by atoms with Crippen LogP contribution in [-0.2, 0) is 21.4 Å². The number of carbonyl (C=O) groups excluding carboxylic acids is 1. The molecule has 0 atom stereocenters. The molecule has 0 aliphatic rings. The minimum absolute atomic E-state index is 0.0199. The van der Waals surface area contributed by atoms with Gasteiger partial charge in [-0.05, 0) is 54.1 Å². The molecule has 0 aliphatic carbocycles. The van der Waals surface area contributed by atoms with Crippen LogP contribution >= 0.6 is 0 Å². The van der Waals surface area contributed by atoms with Gasteiger partial charge in [0.2, 0.25) is 15.9 Å². The van der Waals surface area contributed by atoms with Crippen LogP contribution in [0.4, 0.5) is 10.1 Å². The number of benzene rings is 3. The maximum Gasteiger partial charge on any atom is 0.243 e. The number of anilines is 1. The van der Waals surface area contributed by atoms with Crippen LogP contribution in [0.1, 0.15) is 5.56 Å². The van der Waals surface area contributed by atoms with Crippen LogP contribution in [0.5, 0.6) is 5.75 Å². The molecule has 0 heterocycles. The van der Waals surface area contributed by atoms with E-state index in [1.165, 1.54) is 43.5 Å². The predicted octanol–water partition coefficient (Wildman–Crippen LogP) is 3.66. The highest BCUT2D eigenvalue weighted by atomic mass is 32.2. The van der Waals surface area contributed by atoms with E-state index in [0.29, 0.717) is 11.4 Å². The van der Waals surface area contributed by atoms with Crippen molar-refractivity contribution >= 4 is 21.6 Å². The molecule has 3 aromatic carbocycles. The van der Waals surface area contributed by atoms with E-state index < -0.39 is 28.3 Å². The number of rotatable bonds is 8. The zero-order valence-corrected chi connectivity index (χ0v) is 17.1. The molecule has 1 N–H and O–H groups in total. The number of amides is 1. The quantitative estimate of drug-likeness (QED) is 0.594. The Balaban J connectivity index is 1.85. The van der Waals surface area contributed by atoms with Crippen molar-refractivity contribution in [2.24, 2.45) is 0 Å². The lowest BCUT2D eigenvalue weighted by Gasteiger charge is -2.22. The molecule has 6 nitrogen and oxygen atoms in total. The van der Waals surface area contributed by atoms with Crippen LogP contribution in [0.25, 0.3) is 0 Å². The lowest BCUT2D eigenvalue weighted by molar-refractivity contribution is -0.116. The van der Waals surface area contributed by atoms with E-state index in [0.717, 1.165) is 9.87 Å². The van der Waals surface area contributed by atoms with Crippen molar-refractivity contribution in [2.45, 2.75) is 11.4 Å². The lowest BCUT2D eigenvalue weighted by Crippen LogP contribution is -2.37. The molecular formula is C22H21FN2O4S. The van der Waals surface area contributed by atoms with Crippen molar-refractivity contribution in [3.8, 4) is 5.75 Å². The fraction of sp³-hybridized carbons (Fsp3) is 0.136. The zero-order valence-electron chi connectivity index (χ0n) is 16.3. The average Bonchev–Trinajstić information content (AvgIpc) is 2.75. The number of hydrogen-bond donors (Lipinski definition) is 1. The molecule has 0 fully saturated rings. The number of methoxy groups -OCH3 is 1. The fourth-order valence-corrected chi connectivity index (χ4v) is 4.19. The number of carbonyl (C=O) groups is 1. The van der Waals surface area contributed by atoms with Gasteiger partial charge in [-0.15, -0.1) is 0 Å². The van der Waals surface area contributed by atoms with Crippen molar-refractivity contribution in [3.05, 3.63) is 90.2 Å². The van der Waals surface area contributed by atoms with E-state index in [-0.39, 0.29) is 11.4 Å². The Morgan fingerprint density at radius 2 is 1.60 bits per heavy atom. The lowest BCUT2D eigenvalue weighted by atomic mass is 10.2. The second-order valence-corrected chi connectivity index (χ2v) is 8.43. The van der Waals surface area contributed by atoms with Crippen molar-refractivity contribution in [2.75, 3.05) is 19.0 Å². The Morgan fingerprint density at radius 3 is 2.20 bits per heavy atom. The number of hydrogen-bond acceptors (Lipinski definition) is 4. The molecule has 30 heavy (non-hydrogen) atoms. The van der Waals surface area contributed by atoms with E-state index in [4.69, 9.17) is 4.74 Å². The van der Waals surface area contributed by atoms with Crippen LogP contribution in [0.15, 0.2) is 83.8 Å². The van der Waals surface area contributed by atoms with Crippen molar-refractivity contribution in [1.29, 1.82) is 0 Å². The summed E-state index contributed by atoms with van der Waals surface area (Å²) < 4.78 is 45.7. The SMILES string of the molecule is COc1ccc(S(=O)(=O)N(CC(=O)Nc2ccc(F)cc2)Cc2ccccc2)cc1. The molecule has 0 radical (unpaired) electrons. The number of sulfonamides is 1. The number of nitrogens with one attached hydrogen (secondary N) is 1. The van der Waals surface area contributed by atoms with Gasteiger partial charge in [-0.25, -0.2) is 12.8 Å². The number of halogens is 1. The normalized spacial score (nSPS) is 11.3. The van der Waals surface area contributed by atoms with E-state index in [1.807, 2.05) is 6.07 Å². The maximum absolute atomic E-state index is 13.2. The van der Waals surface area contributed by atoms with E-state index >= 15 is 0 Å². The first-order valence-electron chi connectivity index (χ1n) is 9.12. The van der Waals surface area contributed by atoms with E-state index in [2.05, 4.69) is 5.32 Å². The van der Waals surface area contributed by atoms with Gasteiger partial charge in [-0.1, -0.05) is 30.3 Å². The summed E-state index contributed by atoms with van der Waals surface area (Å²) >= 11 is 0. The van der Waals surface area contributed by atoms with Crippen LogP contribution in [0, 0.1) is 5.82 Å². The third-order valence-corrected chi connectivity index (χ3v) is 6.15. The van der Waals surface area contributed by atoms with E-state index in [1.54, 1.807) is 36.4 Å². The summed E-state index contributed by atoms with van der Waals surface area (Å²) in [6.07, 6.45) is 0. The molecular weight excluding hydrogens is 407 g/mol. The van der Waals surface area contributed by atoms with Crippen LogP contribution < -0.4 is 10.1 Å². The van der Waals surface area contributed by atoms with Gasteiger partial charge in [0.25, 0.3) is 0 Å². The van der Waals surface area contributed by atoms with Gasteiger partial charge < -0.3 is 10.1 Å². The molecule has 0 aromatic heterocycles. The monoisotopic (exact) mass is 428 g/mol. The van der Waals surface area contributed by atoms with Gasteiger partial charge in [0.15, 0.2) is 0 Å². The highest BCUT2D eigenvalue weighted by Gasteiger charge is 2.27. The molecule has 0 aliphatic heterocycles. The van der Waals surface area contributed by atoms with Crippen molar-refractivity contribution < 1.29 is 22.3 Å². The molecule has 0 saturated carbocycles. The smallest absolute Gasteiger partial charge is 0.243 e. The number of nitrogens with zero attached hydrogens (tertiary/aromatic N) is 1. The minimum atomic E-state index is -3.96. The molecule has 1 amide bonds. The van der Waals surface area contributed by atoms with Gasteiger partial charge in [-0.3, -0.25) is 4.79 Å².